The van der Waals surface area contributed by atoms with E-state index in [0.717, 1.165) is 16.4 Å². The summed E-state index contributed by atoms with van der Waals surface area (Å²) in [6, 6.07) is 18.1. The fourth-order valence-corrected chi connectivity index (χ4v) is 3.33. The maximum absolute atomic E-state index is 12.5. The quantitative estimate of drug-likeness (QED) is 0.418. The molecule has 0 spiro atoms. The lowest BCUT2D eigenvalue weighted by Gasteiger charge is -2.11. The summed E-state index contributed by atoms with van der Waals surface area (Å²) in [5.41, 5.74) is 3.14. The Morgan fingerprint density at radius 1 is 0.968 bits per heavy atom. The minimum Gasteiger partial charge on any atom is -0.495 e. The lowest BCUT2D eigenvalue weighted by Crippen LogP contribution is -2.22. The van der Waals surface area contributed by atoms with Crippen LogP contribution in [0.1, 0.15) is 17.3 Å². The third-order valence-electron chi connectivity index (χ3n) is 4.82. The summed E-state index contributed by atoms with van der Waals surface area (Å²) >= 11 is 0. The molecule has 0 aliphatic carbocycles. The molecule has 4 aromatic rings. The highest BCUT2D eigenvalue weighted by molar-refractivity contribution is 6.08. The minimum absolute atomic E-state index is 0.0417. The summed E-state index contributed by atoms with van der Waals surface area (Å²) in [5.74, 6) is -0.0747. The predicted octanol–water partition coefficient (Wildman–Crippen LogP) is 4.82. The normalized spacial score (nSPS) is 10.8. The van der Waals surface area contributed by atoms with Crippen LogP contribution in [0.25, 0.3) is 21.9 Å². The average molecular weight is 418 g/mol. The number of carbonyl (C=O) groups excluding carboxylic acids is 2. The molecular weight excluding hydrogens is 396 g/mol. The van der Waals surface area contributed by atoms with Crippen molar-refractivity contribution in [2.45, 2.75) is 6.92 Å². The molecule has 1 amide bonds. The first-order valence-corrected chi connectivity index (χ1v) is 9.89. The molecule has 0 bridgehead atoms. The Hall–Kier alpha value is -4.00. The van der Waals surface area contributed by atoms with Gasteiger partial charge in [-0.25, -0.2) is 4.79 Å². The molecular formula is C24H22N2O5. The fraction of sp³-hybridized carbons (Fsp3) is 0.167. The summed E-state index contributed by atoms with van der Waals surface area (Å²) in [7, 11) is 1.56. The summed E-state index contributed by atoms with van der Waals surface area (Å²) in [6.07, 6.45) is 0. The molecule has 7 heteroatoms. The zero-order valence-electron chi connectivity index (χ0n) is 17.2. The van der Waals surface area contributed by atoms with E-state index < -0.39 is 0 Å². The Morgan fingerprint density at radius 2 is 1.74 bits per heavy atom. The molecule has 1 aromatic heterocycles. The summed E-state index contributed by atoms with van der Waals surface area (Å²) in [6.45, 7) is 2.12. The van der Waals surface area contributed by atoms with Gasteiger partial charge in [-0.3, -0.25) is 4.79 Å². The SMILES string of the molecule is CCOC(=O)c1ccc(NCC(=O)Nc2cc3oc4ccccc4c3cc2OC)cc1. The molecule has 4 rings (SSSR count). The van der Waals surface area contributed by atoms with Crippen molar-refractivity contribution in [1.82, 2.24) is 0 Å². The van der Waals surface area contributed by atoms with Crippen molar-refractivity contribution in [3.05, 3.63) is 66.2 Å². The Labute approximate surface area is 178 Å². The number of hydrogen-bond donors (Lipinski definition) is 2. The summed E-state index contributed by atoms with van der Waals surface area (Å²) < 4.78 is 16.3. The van der Waals surface area contributed by atoms with Crippen LogP contribution >= 0.6 is 0 Å². The maximum Gasteiger partial charge on any atom is 0.338 e. The lowest BCUT2D eigenvalue weighted by atomic mass is 10.1. The number of nitrogens with one attached hydrogen (secondary N) is 2. The number of ether oxygens (including phenoxy) is 2. The highest BCUT2D eigenvalue weighted by Crippen LogP contribution is 2.36. The molecule has 3 aromatic carbocycles. The lowest BCUT2D eigenvalue weighted by molar-refractivity contribution is -0.114. The monoisotopic (exact) mass is 418 g/mol. The van der Waals surface area contributed by atoms with Crippen LogP contribution in [0.15, 0.2) is 65.1 Å². The zero-order chi connectivity index (χ0) is 21.8. The third kappa shape index (κ3) is 4.30. The first-order valence-electron chi connectivity index (χ1n) is 9.89. The van der Waals surface area contributed by atoms with Gasteiger partial charge in [-0.2, -0.15) is 0 Å². The van der Waals surface area contributed by atoms with Crippen LogP contribution in [0.4, 0.5) is 11.4 Å². The van der Waals surface area contributed by atoms with Gasteiger partial charge in [0, 0.05) is 22.5 Å². The highest BCUT2D eigenvalue weighted by atomic mass is 16.5. The van der Waals surface area contributed by atoms with E-state index in [-0.39, 0.29) is 18.4 Å². The Bertz CT molecular complexity index is 1240. The topological polar surface area (TPSA) is 89.8 Å². The van der Waals surface area contributed by atoms with Gasteiger partial charge in [-0.1, -0.05) is 18.2 Å². The van der Waals surface area contributed by atoms with Crippen LogP contribution in [0.3, 0.4) is 0 Å². The second-order valence-electron chi connectivity index (χ2n) is 6.85. The number of rotatable bonds is 7. The number of methoxy groups -OCH3 is 1. The highest BCUT2D eigenvalue weighted by Gasteiger charge is 2.14. The molecule has 0 unspecified atom stereocenters. The summed E-state index contributed by atoms with van der Waals surface area (Å²) in [5, 5.41) is 7.79. The van der Waals surface area contributed by atoms with Crippen molar-refractivity contribution in [2.24, 2.45) is 0 Å². The van der Waals surface area contributed by atoms with E-state index in [4.69, 9.17) is 13.9 Å². The number of para-hydroxylation sites is 1. The number of fused-ring (bicyclic) bond motifs is 3. The number of benzene rings is 3. The molecule has 0 radical (unpaired) electrons. The van der Waals surface area contributed by atoms with E-state index in [0.29, 0.717) is 34.9 Å². The van der Waals surface area contributed by atoms with E-state index >= 15 is 0 Å². The second kappa shape index (κ2) is 8.79. The average Bonchev–Trinajstić information content (AvgIpc) is 3.15. The van der Waals surface area contributed by atoms with Gasteiger partial charge in [0.2, 0.25) is 5.91 Å². The van der Waals surface area contributed by atoms with E-state index in [1.165, 1.54) is 0 Å². The number of carbonyl (C=O) groups is 2. The van der Waals surface area contributed by atoms with Crippen molar-refractivity contribution < 1.29 is 23.5 Å². The van der Waals surface area contributed by atoms with Crippen molar-refractivity contribution in [2.75, 3.05) is 30.9 Å². The molecule has 158 valence electrons. The van der Waals surface area contributed by atoms with Crippen molar-refractivity contribution in [1.29, 1.82) is 0 Å². The molecule has 0 fully saturated rings. The van der Waals surface area contributed by atoms with Crippen molar-refractivity contribution in [3.8, 4) is 5.75 Å². The van der Waals surface area contributed by atoms with Crippen LogP contribution in [0.5, 0.6) is 5.75 Å². The maximum atomic E-state index is 12.5. The van der Waals surface area contributed by atoms with Gasteiger partial charge < -0.3 is 24.5 Å². The van der Waals surface area contributed by atoms with Crippen molar-refractivity contribution in [3.63, 3.8) is 0 Å². The van der Waals surface area contributed by atoms with Crippen LogP contribution in [-0.2, 0) is 9.53 Å². The van der Waals surface area contributed by atoms with Crippen molar-refractivity contribution >= 4 is 45.2 Å². The molecule has 0 atom stereocenters. The van der Waals surface area contributed by atoms with Crippen LogP contribution in [0.2, 0.25) is 0 Å². The predicted molar refractivity (Wildman–Crippen MR) is 120 cm³/mol. The first kappa shape index (κ1) is 20.3. The van der Waals surface area contributed by atoms with E-state index in [1.807, 2.05) is 30.3 Å². The van der Waals surface area contributed by atoms with E-state index in [2.05, 4.69) is 10.6 Å². The number of amides is 1. The Morgan fingerprint density at radius 3 is 2.48 bits per heavy atom. The minimum atomic E-state index is -0.375. The molecule has 7 nitrogen and oxygen atoms in total. The first-order chi connectivity index (χ1) is 15.1. The molecule has 2 N–H and O–H groups in total. The van der Waals surface area contributed by atoms with Gasteiger partial charge in [0.05, 0.1) is 31.5 Å². The van der Waals surface area contributed by atoms with Gasteiger partial charge in [0.15, 0.2) is 0 Å². The third-order valence-corrected chi connectivity index (χ3v) is 4.82. The number of anilines is 2. The molecule has 31 heavy (non-hydrogen) atoms. The molecule has 0 saturated carbocycles. The molecule has 0 saturated heterocycles. The van der Waals surface area contributed by atoms with Gasteiger partial charge in [0.1, 0.15) is 16.9 Å². The Balaban J connectivity index is 1.45. The van der Waals surface area contributed by atoms with Crippen LogP contribution < -0.4 is 15.4 Å². The van der Waals surface area contributed by atoms with Gasteiger partial charge in [-0.15, -0.1) is 0 Å². The van der Waals surface area contributed by atoms with E-state index in [1.54, 1.807) is 44.4 Å². The number of esters is 1. The Kier molecular flexibility index (Phi) is 5.75. The van der Waals surface area contributed by atoms with Crippen LogP contribution in [0, 0.1) is 0 Å². The largest absolute Gasteiger partial charge is 0.495 e. The second-order valence-corrected chi connectivity index (χ2v) is 6.85. The standard InChI is InChI=1S/C24H22N2O5/c1-3-30-24(28)15-8-10-16(11-9-15)25-14-23(27)26-19-13-21-18(12-22(19)29-2)17-6-4-5-7-20(17)31-21/h4-13,25H,3,14H2,1-2H3,(H,26,27). The number of hydrogen-bond acceptors (Lipinski definition) is 6. The van der Waals surface area contributed by atoms with E-state index in [9.17, 15) is 9.59 Å². The van der Waals surface area contributed by atoms with Gasteiger partial charge >= 0.3 is 5.97 Å². The van der Waals surface area contributed by atoms with Crippen LogP contribution in [-0.4, -0.2) is 32.1 Å². The molecule has 0 aliphatic heterocycles. The van der Waals surface area contributed by atoms with Gasteiger partial charge in [0.25, 0.3) is 0 Å². The molecule has 1 heterocycles. The fourth-order valence-electron chi connectivity index (χ4n) is 3.33. The molecule has 0 aliphatic rings. The smallest absolute Gasteiger partial charge is 0.338 e. The summed E-state index contributed by atoms with van der Waals surface area (Å²) in [4.78, 5) is 24.2. The van der Waals surface area contributed by atoms with Gasteiger partial charge in [-0.05, 0) is 43.3 Å². The number of furan rings is 1. The zero-order valence-corrected chi connectivity index (χ0v) is 17.2.